The zero-order chi connectivity index (χ0) is 14.5. The fourth-order valence-electron chi connectivity index (χ4n) is 2.71. The minimum absolute atomic E-state index is 0.180. The highest BCUT2D eigenvalue weighted by molar-refractivity contribution is 5.77. The number of nitro benzene ring substituents is 1. The van der Waals surface area contributed by atoms with Crippen LogP contribution in [0.25, 0.3) is 0 Å². The van der Waals surface area contributed by atoms with Crippen molar-refractivity contribution in [1.29, 1.82) is 0 Å². The molecule has 110 valence electrons. The molecule has 0 aromatic heterocycles. The van der Waals surface area contributed by atoms with Gasteiger partial charge in [-0.15, -0.1) is 0 Å². The molecule has 2 rings (SSSR count). The molecule has 1 aromatic rings. The van der Waals surface area contributed by atoms with Crippen molar-refractivity contribution in [3.05, 3.63) is 28.3 Å². The maximum atomic E-state index is 11.3. The third-order valence-corrected chi connectivity index (χ3v) is 3.72. The van der Waals surface area contributed by atoms with E-state index in [0.29, 0.717) is 5.69 Å². The van der Waals surface area contributed by atoms with Gasteiger partial charge in [0.05, 0.1) is 4.92 Å². The van der Waals surface area contributed by atoms with Gasteiger partial charge in [-0.25, -0.2) is 0 Å². The largest absolute Gasteiger partial charge is 0.382 e. The Labute approximate surface area is 119 Å². The fraction of sp³-hybridized carbons (Fsp3) is 0.571. The molecular formula is C14H22N4O2. The highest BCUT2D eigenvalue weighted by Gasteiger charge is 2.25. The first-order valence-electron chi connectivity index (χ1n) is 7.09. The molecule has 0 radical (unpaired) electrons. The molecule has 6 heteroatoms. The molecule has 1 fully saturated rings. The highest BCUT2D eigenvalue weighted by Crippen LogP contribution is 2.35. The summed E-state index contributed by atoms with van der Waals surface area (Å²) in [4.78, 5) is 15.6. The average Bonchev–Trinajstić information content (AvgIpc) is 2.47. The molecule has 1 aliphatic rings. The summed E-state index contributed by atoms with van der Waals surface area (Å²) in [6.07, 6.45) is 1.15. The van der Waals surface area contributed by atoms with E-state index in [1.165, 1.54) is 0 Å². The van der Waals surface area contributed by atoms with Gasteiger partial charge in [0.1, 0.15) is 11.4 Å². The minimum Gasteiger partial charge on any atom is -0.382 e. The van der Waals surface area contributed by atoms with Crippen LogP contribution in [0.15, 0.2) is 18.2 Å². The van der Waals surface area contributed by atoms with E-state index in [0.717, 1.165) is 44.8 Å². The summed E-state index contributed by atoms with van der Waals surface area (Å²) in [6.45, 7) is 6.89. The van der Waals surface area contributed by atoms with E-state index in [1.54, 1.807) is 13.1 Å². The lowest BCUT2D eigenvalue weighted by molar-refractivity contribution is -0.383. The van der Waals surface area contributed by atoms with Crippen molar-refractivity contribution in [2.24, 2.45) is 0 Å². The summed E-state index contributed by atoms with van der Waals surface area (Å²) >= 11 is 0. The molecule has 0 amide bonds. The smallest absolute Gasteiger partial charge is 0.315 e. The van der Waals surface area contributed by atoms with E-state index in [-0.39, 0.29) is 10.6 Å². The normalized spacial score (nSPS) is 16.2. The zero-order valence-corrected chi connectivity index (χ0v) is 12.1. The van der Waals surface area contributed by atoms with Gasteiger partial charge in [-0.05, 0) is 25.1 Å². The summed E-state index contributed by atoms with van der Waals surface area (Å²) < 4.78 is 0. The second kappa shape index (κ2) is 6.56. The van der Waals surface area contributed by atoms with Crippen molar-refractivity contribution >= 4 is 17.1 Å². The summed E-state index contributed by atoms with van der Waals surface area (Å²) in [5.74, 6) is 0. The number of nitrogens with zero attached hydrogens (tertiary/aromatic N) is 3. The van der Waals surface area contributed by atoms with E-state index in [2.05, 4.69) is 22.0 Å². The van der Waals surface area contributed by atoms with Gasteiger partial charge in [-0.3, -0.25) is 15.0 Å². The number of hydrogen-bond acceptors (Lipinski definition) is 5. The molecule has 0 unspecified atom stereocenters. The Kier molecular flexibility index (Phi) is 4.79. The number of nitro groups is 1. The minimum atomic E-state index is -0.292. The number of para-hydroxylation sites is 1. The molecule has 0 aliphatic carbocycles. The van der Waals surface area contributed by atoms with Crippen LogP contribution in [0.1, 0.15) is 13.3 Å². The molecule has 1 saturated heterocycles. The van der Waals surface area contributed by atoms with E-state index >= 15 is 0 Å². The molecule has 1 aromatic carbocycles. The van der Waals surface area contributed by atoms with Gasteiger partial charge in [0.15, 0.2) is 0 Å². The van der Waals surface area contributed by atoms with Crippen LogP contribution in [-0.4, -0.2) is 49.6 Å². The second-order valence-corrected chi connectivity index (χ2v) is 5.01. The summed E-state index contributed by atoms with van der Waals surface area (Å²) in [5, 5.41) is 14.2. The number of piperazine rings is 1. The molecular weight excluding hydrogens is 256 g/mol. The molecule has 0 bridgehead atoms. The Morgan fingerprint density at radius 1 is 1.30 bits per heavy atom. The Hall–Kier alpha value is -1.82. The number of hydrogen-bond donors (Lipinski definition) is 1. The molecule has 6 nitrogen and oxygen atoms in total. The van der Waals surface area contributed by atoms with E-state index in [4.69, 9.17) is 0 Å². The van der Waals surface area contributed by atoms with Crippen LogP contribution in [0.4, 0.5) is 17.1 Å². The van der Waals surface area contributed by atoms with E-state index in [1.807, 2.05) is 12.1 Å². The van der Waals surface area contributed by atoms with Crippen LogP contribution in [0.3, 0.4) is 0 Å². The van der Waals surface area contributed by atoms with Crippen molar-refractivity contribution in [2.45, 2.75) is 13.3 Å². The van der Waals surface area contributed by atoms with Crippen molar-refractivity contribution in [1.82, 2.24) is 4.90 Å². The van der Waals surface area contributed by atoms with E-state index in [9.17, 15) is 10.1 Å². The van der Waals surface area contributed by atoms with Crippen LogP contribution >= 0.6 is 0 Å². The molecule has 1 N–H and O–H groups in total. The van der Waals surface area contributed by atoms with Gasteiger partial charge in [0, 0.05) is 33.2 Å². The number of benzene rings is 1. The van der Waals surface area contributed by atoms with Gasteiger partial charge in [-0.2, -0.15) is 0 Å². The van der Waals surface area contributed by atoms with E-state index < -0.39 is 0 Å². The predicted octanol–water partition coefficient (Wildman–Crippen LogP) is 2.17. The average molecular weight is 278 g/mol. The van der Waals surface area contributed by atoms with Crippen LogP contribution in [0.5, 0.6) is 0 Å². The lowest BCUT2D eigenvalue weighted by atomic mass is 10.2. The molecule has 0 saturated carbocycles. The Bertz CT molecular complexity index is 470. The predicted molar refractivity (Wildman–Crippen MR) is 81.6 cm³/mol. The van der Waals surface area contributed by atoms with Crippen molar-refractivity contribution in [2.75, 3.05) is 50.0 Å². The molecule has 1 aliphatic heterocycles. The first-order valence-corrected chi connectivity index (χ1v) is 7.09. The van der Waals surface area contributed by atoms with Crippen LogP contribution in [-0.2, 0) is 0 Å². The topological polar surface area (TPSA) is 61.6 Å². The Morgan fingerprint density at radius 3 is 2.55 bits per heavy atom. The third kappa shape index (κ3) is 3.01. The monoisotopic (exact) mass is 278 g/mol. The third-order valence-electron chi connectivity index (χ3n) is 3.72. The van der Waals surface area contributed by atoms with Crippen molar-refractivity contribution in [3.63, 3.8) is 0 Å². The maximum Gasteiger partial charge on any atom is 0.315 e. The number of nitrogens with one attached hydrogen (secondary N) is 1. The lowest BCUT2D eigenvalue weighted by Gasteiger charge is -2.35. The second-order valence-electron chi connectivity index (χ2n) is 5.01. The van der Waals surface area contributed by atoms with Gasteiger partial charge >= 0.3 is 5.69 Å². The number of anilines is 2. The summed E-state index contributed by atoms with van der Waals surface area (Å²) in [7, 11) is 1.71. The van der Waals surface area contributed by atoms with Gasteiger partial charge < -0.3 is 10.2 Å². The zero-order valence-electron chi connectivity index (χ0n) is 12.1. The quantitative estimate of drug-likeness (QED) is 0.660. The summed E-state index contributed by atoms with van der Waals surface area (Å²) in [5.41, 5.74) is 1.47. The Morgan fingerprint density at radius 2 is 2.00 bits per heavy atom. The van der Waals surface area contributed by atoms with Gasteiger partial charge in [-0.1, -0.05) is 13.0 Å². The highest BCUT2D eigenvalue weighted by atomic mass is 16.6. The lowest BCUT2D eigenvalue weighted by Crippen LogP contribution is -2.46. The van der Waals surface area contributed by atoms with Gasteiger partial charge in [0.2, 0.25) is 0 Å². The van der Waals surface area contributed by atoms with Crippen LogP contribution < -0.4 is 10.2 Å². The van der Waals surface area contributed by atoms with Crippen LogP contribution in [0, 0.1) is 10.1 Å². The first kappa shape index (κ1) is 14.6. The van der Waals surface area contributed by atoms with Crippen LogP contribution in [0.2, 0.25) is 0 Å². The standard InChI is InChI=1S/C14H22N4O2/c1-3-7-16-8-10-17(11-9-16)13-6-4-5-12(15-2)14(13)18(19)20/h4-6,15H,3,7-11H2,1-2H3. The fourth-order valence-corrected chi connectivity index (χ4v) is 2.71. The maximum absolute atomic E-state index is 11.3. The molecule has 0 spiro atoms. The molecule has 20 heavy (non-hydrogen) atoms. The first-order chi connectivity index (χ1) is 9.67. The molecule has 1 heterocycles. The van der Waals surface area contributed by atoms with Gasteiger partial charge in [0.25, 0.3) is 0 Å². The van der Waals surface area contributed by atoms with Crippen molar-refractivity contribution < 1.29 is 4.92 Å². The summed E-state index contributed by atoms with van der Waals surface area (Å²) in [6, 6.07) is 5.45. The number of rotatable bonds is 5. The molecule has 0 atom stereocenters. The Balaban J connectivity index is 2.19. The SMILES string of the molecule is CCCN1CCN(c2cccc(NC)c2[N+](=O)[O-])CC1. The van der Waals surface area contributed by atoms with Crippen molar-refractivity contribution in [3.8, 4) is 0 Å².